The standard InChI is InChI=1S/C20H31N5O2/c1-20(26)10-4-3-5-16(11-20)23-18-14(12-21)13-22-19(25-18)24-15-6-8-17(27-2)9-7-15/h13,15-17,26H,3-11H2,1-2H3,(H2,22,23,24,25)/t15?,16-,17?,20-/m1/s1. The predicted molar refractivity (Wildman–Crippen MR) is 105 cm³/mol. The van der Waals surface area contributed by atoms with Crippen LogP contribution in [0.25, 0.3) is 0 Å². The summed E-state index contributed by atoms with van der Waals surface area (Å²) in [6.45, 7) is 1.89. The molecule has 2 atom stereocenters. The average Bonchev–Trinajstić information content (AvgIpc) is 2.82. The van der Waals surface area contributed by atoms with Gasteiger partial charge in [-0.2, -0.15) is 10.2 Å². The molecule has 7 nitrogen and oxygen atoms in total. The van der Waals surface area contributed by atoms with E-state index in [-0.39, 0.29) is 6.04 Å². The van der Waals surface area contributed by atoms with E-state index in [1.807, 2.05) is 6.92 Å². The van der Waals surface area contributed by atoms with Gasteiger partial charge >= 0.3 is 0 Å². The van der Waals surface area contributed by atoms with E-state index in [2.05, 4.69) is 26.7 Å². The summed E-state index contributed by atoms with van der Waals surface area (Å²) in [5.74, 6) is 1.11. The van der Waals surface area contributed by atoms with Gasteiger partial charge in [-0.3, -0.25) is 0 Å². The summed E-state index contributed by atoms with van der Waals surface area (Å²) in [4.78, 5) is 8.90. The number of nitriles is 1. The smallest absolute Gasteiger partial charge is 0.224 e. The Labute approximate surface area is 161 Å². The number of rotatable bonds is 5. The van der Waals surface area contributed by atoms with Crippen LogP contribution in [0.2, 0.25) is 0 Å². The summed E-state index contributed by atoms with van der Waals surface area (Å²) in [6, 6.07) is 2.61. The molecule has 2 aliphatic rings. The number of ether oxygens (including phenoxy) is 1. The lowest BCUT2D eigenvalue weighted by Gasteiger charge is -2.28. The average molecular weight is 374 g/mol. The first-order valence-corrected chi connectivity index (χ1v) is 10.0. The third-order valence-electron chi connectivity index (χ3n) is 5.79. The summed E-state index contributed by atoms with van der Waals surface area (Å²) in [7, 11) is 1.77. The number of nitrogens with zero attached hydrogens (tertiary/aromatic N) is 3. The zero-order valence-corrected chi connectivity index (χ0v) is 16.4. The fraction of sp³-hybridized carbons (Fsp3) is 0.750. The number of aliphatic hydroxyl groups is 1. The quantitative estimate of drug-likeness (QED) is 0.681. The van der Waals surface area contributed by atoms with Crippen LogP contribution >= 0.6 is 0 Å². The van der Waals surface area contributed by atoms with Gasteiger partial charge in [-0.1, -0.05) is 12.8 Å². The van der Waals surface area contributed by atoms with Crippen LogP contribution in [0.3, 0.4) is 0 Å². The van der Waals surface area contributed by atoms with Crippen molar-refractivity contribution < 1.29 is 9.84 Å². The van der Waals surface area contributed by atoms with E-state index >= 15 is 0 Å². The van der Waals surface area contributed by atoms with E-state index in [1.54, 1.807) is 13.3 Å². The van der Waals surface area contributed by atoms with Gasteiger partial charge in [-0.25, -0.2) is 4.98 Å². The highest BCUT2D eigenvalue weighted by Crippen LogP contribution is 2.29. The van der Waals surface area contributed by atoms with Crippen molar-refractivity contribution in [1.82, 2.24) is 9.97 Å². The minimum Gasteiger partial charge on any atom is -0.390 e. The third kappa shape index (κ3) is 5.53. The van der Waals surface area contributed by atoms with Gasteiger partial charge in [0.15, 0.2) is 0 Å². The molecule has 27 heavy (non-hydrogen) atoms. The van der Waals surface area contributed by atoms with Crippen molar-refractivity contribution in [2.24, 2.45) is 0 Å². The SMILES string of the molecule is COC1CCC(Nc2ncc(C#N)c(N[C@@H]3CCCC[C@@](C)(O)C3)n2)CC1. The van der Waals surface area contributed by atoms with Crippen LogP contribution in [0.15, 0.2) is 6.20 Å². The molecule has 2 fully saturated rings. The van der Waals surface area contributed by atoms with Crippen molar-refractivity contribution >= 4 is 11.8 Å². The van der Waals surface area contributed by atoms with Crippen LogP contribution in [0, 0.1) is 11.3 Å². The van der Waals surface area contributed by atoms with Gasteiger partial charge in [0.05, 0.1) is 17.9 Å². The maximum atomic E-state index is 10.5. The Morgan fingerprint density at radius 1 is 1.19 bits per heavy atom. The molecule has 0 unspecified atom stereocenters. The molecule has 0 bridgehead atoms. The van der Waals surface area contributed by atoms with E-state index in [0.29, 0.717) is 35.9 Å². The molecule has 148 valence electrons. The number of nitrogens with one attached hydrogen (secondary N) is 2. The summed E-state index contributed by atoms with van der Waals surface area (Å²) in [5, 5.41) is 26.7. The summed E-state index contributed by atoms with van der Waals surface area (Å²) in [6.07, 6.45) is 10.6. The topological polar surface area (TPSA) is 103 Å². The lowest BCUT2D eigenvalue weighted by atomic mass is 9.93. The van der Waals surface area contributed by atoms with Gasteiger partial charge in [0.25, 0.3) is 0 Å². The van der Waals surface area contributed by atoms with Gasteiger partial charge in [-0.15, -0.1) is 0 Å². The zero-order valence-electron chi connectivity index (χ0n) is 16.4. The van der Waals surface area contributed by atoms with Gasteiger partial charge in [0, 0.05) is 19.2 Å². The molecule has 7 heteroatoms. The van der Waals surface area contributed by atoms with Crippen molar-refractivity contribution in [2.45, 2.75) is 88.5 Å². The minimum atomic E-state index is -0.672. The first-order chi connectivity index (χ1) is 13.0. The van der Waals surface area contributed by atoms with Crippen LogP contribution in [-0.4, -0.2) is 46.0 Å². The second kappa shape index (κ2) is 8.85. The van der Waals surface area contributed by atoms with Crippen LogP contribution in [0.4, 0.5) is 11.8 Å². The Bertz CT molecular complexity index is 665. The molecule has 1 heterocycles. The van der Waals surface area contributed by atoms with Crippen molar-refractivity contribution in [3.05, 3.63) is 11.8 Å². The molecule has 2 saturated carbocycles. The highest BCUT2D eigenvalue weighted by molar-refractivity contribution is 5.54. The Balaban J connectivity index is 1.67. The molecule has 0 saturated heterocycles. The lowest BCUT2D eigenvalue weighted by Crippen LogP contribution is -2.32. The molecule has 0 aliphatic heterocycles. The maximum Gasteiger partial charge on any atom is 0.224 e. The van der Waals surface area contributed by atoms with E-state index in [4.69, 9.17) is 4.74 Å². The van der Waals surface area contributed by atoms with Crippen molar-refractivity contribution in [3.8, 4) is 6.07 Å². The van der Waals surface area contributed by atoms with Gasteiger partial charge in [0.2, 0.25) is 5.95 Å². The van der Waals surface area contributed by atoms with Crippen molar-refractivity contribution in [1.29, 1.82) is 5.26 Å². The molecular weight excluding hydrogens is 342 g/mol. The first-order valence-electron chi connectivity index (χ1n) is 10.0. The highest BCUT2D eigenvalue weighted by Gasteiger charge is 2.29. The van der Waals surface area contributed by atoms with E-state index in [1.165, 1.54) is 0 Å². The predicted octanol–water partition coefficient (Wildman–Crippen LogP) is 3.21. The summed E-state index contributed by atoms with van der Waals surface area (Å²) < 4.78 is 5.43. The van der Waals surface area contributed by atoms with Crippen molar-refractivity contribution in [3.63, 3.8) is 0 Å². The number of anilines is 2. The molecule has 0 amide bonds. The largest absolute Gasteiger partial charge is 0.390 e. The molecule has 3 N–H and O–H groups in total. The Morgan fingerprint density at radius 3 is 2.67 bits per heavy atom. The van der Waals surface area contributed by atoms with Crippen LogP contribution < -0.4 is 10.6 Å². The second-order valence-electron chi connectivity index (χ2n) is 8.21. The molecule has 0 aromatic carbocycles. The van der Waals surface area contributed by atoms with Crippen molar-refractivity contribution in [2.75, 3.05) is 17.7 Å². The molecule has 0 radical (unpaired) electrons. The van der Waals surface area contributed by atoms with Gasteiger partial charge < -0.3 is 20.5 Å². The zero-order chi connectivity index (χ0) is 19.3. The molecular formula is C20H31N5O2. The normalized spacial score (nSPS) is 31.6. The summed E-state index contributed by atoms with van der Waals surface area (Å²) >= 11 is 0. The van der Waals surface area contributed by atoms with Gasteiger partial charge in [0.1, 0.15) is 17.5 Å². The number of hydrogen-bond donors (Lipinski definition) is 3. The fourth-order valence-electron chi connectivity index (χ4n) is 4.22. The monoisotopic (exact) mass is 373 g/mol. The Kier molecular flexibility index (Phi) is 6.51. The second-order valence-corrected chi connectivity index (χ2v) is 8.21. The van der Waals surface area contributed by atoms with Crippen LogP contribution in [0.1, 0.15) is 70.3 Å². The number of hydrogen-bond acceptors (Lipinski definition) is 7. The van der Waals surface area contributed by atoms with E-state index in [0.717, 1.165) is 51.4 Å². The van der Waals surface area contributed by atoms with Crippen LogP contribution in [0.5, 0.6) is 0 Å². The van der Waals surface area contributed by atoms with E-state index in [9.17, 15) is 10.4 Å². The third-order valence-corrected chi connectivity index (χ3v) is 5.79. The Hall–Kier alpha value is -1.91. The minimum absolute atomic E-state index is 0.106. The molecule has 2 aliphatic carbocycles. The Morgan fingerprint density at radius 2 is 1.96 bits per heavy atom. The fourth-order valence-corrected chi connectivity index (χ4v) is 4.22. The van der Waals surface area contributed by atoms with E-state index < -0.39 is 5.60 Å². The van der Waals surface area contributed by atoms with Crippen LogP contribution in [-0.2, 0) is 4.74 Å². The molecule has 0 spiro atoms. The first kappa shape index (κ1) is 19.8. The lowest BCUT2D eigenvalue weighted by molar-refractivity contribution is 0.0420. The highest BCUT2D eigenvalue weighted by atomic mass is 16.5. The molecule has 3 rings (SSSR count). The molecule has 1 aromatic heterocycles. The molecule has 1 aromatic rings. The number of aromatic nitrogens is 2. The van der Waals surface area contributed by atoms with Gasteiger partial charge in [-0.05, 0) is 51.9 Å². The number of methoxy groups -OCH3 is 1. The summed E-state index contributed by atoms with van der Waals surface area (Å²) in [5.41, 5.74) is -0.234. The maximum absolute atomic E-state index is 10.5.